The van der Waals surface area contributed by atoms with Gasteiger partial charge in [0, 0.05) is 45.0 Å². The molecule has 1 fully saturated rings. The zero-order valence-corrected chi connectivity index (χ0v) is 15.4. The lowest BCUT2D eigenvalue weighted by Gasteiger charge is -2.33. The number of hydrogen-bond acceptors (Lipinski definition) is 2. The zero-order valence-electron chi connectivity index (χ0n) is 15.4. The van der Waals surface area contributed by atoms with E-state index in [2.05, 4.69) is 43.0 Å². The van der Waals surface area contributed by atoms with Crippen molar-refractivity contribution in [2.45, 2.75) is 44.9 Å². The number of nitrogens with zero attached hydrogens (tertiary/aromatic N) is 3. The van der Waals surface area contributed by atoms with E-state index in [9.17, 15) is 4.79 Å². The van der Waals surface area contributed by atoms with E-state index < -0.39 is 0 Å². The van der Waals surface area contributed by atoms with Gasteiger partial charge in [-0.2, -0.15) is 0 Å². The van der Waals surface area contributed by atoms with E-state index in [1.165, 1.54) is 16.5 Å². The van der Waals surface area contributed by atoms with Gasteiger partial charge in [0.25, 0.3) is 0 Å². The van der Waals surface area contributed by atoms with Gasteiger partial charge in [-0.25, -0.2) is 9.78 Å². The van der Waals surface area contributed by atoms with Gasteiger partial charge in [-0.15, -0.1) is 0 Å². The van der Waals surface area contributed by atoms with E-state index in [1.807, 2.05) is 25.2 Å². The van der Waals surface area contributed by atoms with Gasteiger partial charge < -0.3 is 14.8 Å². The Labute approximate surface area is 144 Å². The van der Waals surface area contributed by atoms with Crippen molar-refractivity contribution in [3.63, 3.8) is 0 Å². The Morgan fingerprint density at radius 2 is 1.96 bits per heavy atom. The second-order valence-corrected chi connectivity index (χ2v) is 8.05. The summed E-state index contributed by atoms with van der Waals surface area (Å²) in [6.07, 6.45) is 6.09. The van der Waals surface area contributed by atoms with Crippen LogP contribution in [0.1, 0.15) is 50.7 Å². The van der Waals surface area contributed by atoms with Gasteiger partial charge in [0.1, 0.15) is 5.65 Å². The number of rotatable bonds is 1. The third-order valence-corrected chi connectivity index (χ3v) is 5.02. The average Bonchev–Trinajstić information content (AvgIpc) is 2.96. The topological polar surface area (TPSA) is 52.2 Å². The molecular weight excluding hydrogens is 300 g/mol. The minimum absolute atomic E-state index is 0.0945. The highest BCUT2D eigenvalue weighted by Gasteiger charge is 2.26. The number of H-pyrrole nitrogens is 1. The van der Waals surface area contributed by atoms with Gasteiger partial charge in [-0.3, -0.25) is 0 Å². The molecule has 5 heteroatoms. The molecule has 2 amide bonds. The molecule has 0 bridgehead atoms. The Kier molecular flexibility index (Phi) is 4.28. The molecule has 0 unspecified atom stereocenters. The van der Waals surface area contributed by atoms with Crippen LogP contribution in [0, 0.1) is 0 Å². The molecule has 24 heavy (non-hydrogen) atoms. The summed E-state index contributed by atoms with van der Waals surface area (Å²) in [5, 5.41) is 1.24. The van der Waals surface area contributed by atoms with Gasteiger partial charge in [-0.05, 0) is 41.4 Å². The zero-order chi connectivity index (χ0) is 17.5. The van der Waals surface area contributed by atoms with Crippen LogP contribution < -0.4 is 0 Å². The van der Waals surface area contributed by atoms with Crippen LogP contribution >= 0.6 is 0 Å². The lowest BCUT2D eigenvalue weighted by Crippen LogP contribution is -2.43. The number of fused-ring (bicyclic) bond motifs is 1. The molecule has 0 radical (unpaired) electrons. The first-order valence-corrected chi connectivity index (χ1v) is 8.71. The molecule has 0 aromatic carbocycles. The van der Waals surface area contributed by atoms with Crippen molar-refractivity contribution < 1.29 is 4.79 Å². The summed E-state index contributed by atoms with van der Waals surface area (Å²) in [4.78, 5) is 23.6. The molecule has 3 heterocycles. The molecule has 0 aliphatic carbocycles. The Morgan fingerprint density at radius 1 is 1.29 bits per heavy atom. The molecule has 130 valence electrons. The van der Waals surface area contributed by atoms with Crippen molar-refractivity contribution in [3.05, 3.63) is 29.6 Å². The number of likely N-dealkylation sites (tertiary alicyclic amines) is 1. The number of carbonyl (C=O) groups is 1. The lowest BCUT2D eigenvalue weighted by atomic mass is 9.85. The molecule has 1 aliphatic heterocycles. The van der Waals surface area contributed by atoms with E-state index in [4.69, 9.17) is 0 Å². The largest absolute Gasteiger partial charge is 0.346 e. The number of piperidine rings is 1. The smallest absolute Gasteiger partial charge is 0.319 e. The van der Waals surface area contributed by atoms with E-state index in [0.717, 1.165) is 31.6 Å². The van der Waals surface area contributed by atoms with E-state index in [0.29, 0.717) is 5.92 Å². The summed E-state index contributed by atoms with van der Waals surface area (Å²) >= 11 is 0. The number of pyridine rings is 1. The standard InChI is InChI=1S/C19H28N4O/c1-19(2,3)14-10-15-16(12-21-17(15)20-11-14)13-6-8-23(9-7-13)18(24)22(4)5/h10-13H,6-9H2,1-5H3,(H,20,21). The summed E-state index contributed by atoms with van der Waals surface area (Å²) in [5.74, 6) is 0.488. The van der Waals surface area contributed by atoms with E-state index in [-0.39, 0.29) is 11.4 Å². The van der Waals surface area contributed by atoms with Crippen molar-refractivity contribution in [2.24, 2.45) is 0 Å². The fourth-order valence-electron chi connectivity index (χ4n) is 3.44. The third-order valence-electron chi connectivity index (χ3n) is 5.02. The predicted molar refractivity (Wildman–Crippen MR) is 97.4 cm³/mol. The highest BCUT2D eigenvalue weighted by atomic mass is 16.2. The van der Waals surface area contributed by atoms with Crippen molar-refractivity contribution in [1.29, 1.82) is 0 Å². The van der Waals surface area contributed by atoms with Gasteiger partial charge in [-0.1, -0.05) is 20.8 Å². The molecular formula is C19H28N4O. The van der Waals surface area contributed by atoms with Gasteiger partial charge >= 0.3 is 6.03 Å². The van der Waals surface area contributed by atoms with E-state index >= 15 is 0 Å². The summed E-state index contributed by atoms with van der Waals surface area (Å²) < 4.78 is 0. The summed E-state index contributed by atoms with van der Waals surface area (Å²) in [6, 6.07) is 2.40. The summed E-state index contributed by atoms with van der Waals surface area (Å²) in [5.41, 5.74) is 3.67. The molecule has 3 rings (SSSR count). The predicted octanol–water partition coefficient (Wildman–Crippen LogP) is 3.72. The highest BCUT2D eigenvalue weighted by Crippen LogP contribution is 2.34. The Bertz CT molecular complexity index is 733. The maximum absolute atomic E-state index is 12.1. The van der Waals surface area contributed by atoms with Crippen LogP contribution in [0.2, 0.25) is 0 Å². The molecule has 5 nitrogen and oxygen atoms in total. The van der Waals surface area contributed by atoms with E-state index in [1.54, 1.807) is 4.90 Å². The number of urea groups is 1. The number of aromatic nitrogens is 2. The maximum Gasteiger partial charge on any atom is 0.319 e. The molecule has 0 atom stereocenters. The van der Waals surface area contributed by atoms with Crippen LogP contribution in [0.25, 0.3) is 11.0 Å². The molecule has 0 saturated carbocycles. The molecule has 2 aromatic rings. The van der Waals surface area contributed by atoms with Crippen molar-refractivity contribution in [3.8, 4) is 0 Å². The summed E-state index contributed by atoms with van der Waals surface area (Å²) in [7, 11) is 3.63. The SMILES string of the molecule is CN(C)C(=O)N1CCC(c2c[nH]c3ncc(C(C)(C)C)cc23)CC1. The molecule has 2 aromatic heterocycles. The minimum Gasteiger partial charge on any atom is -0.346 e. The molecule has 1 aliphatic rings. The number of nitrogens with one attached hydrogen (secondary N) is 1. The number of aromatic amines is 1. The first-order chi connectivity index (χ1) is 11.3. The minimum atomic E-state index is 0.0945. The monoisotopic (exact) mass is 328 g/mol. The molecule has 1 N–H and O–H groups in total. The van der Waals surface area contributed by atoms with Crippen LogP contribution in [0.15, 0.2) is 18.5 Å². The second kappa shape index (κ2) is 6.11. The number of hydrogen-bond donors (Lipinski definition) is 1. The van der Waals surface area contributed by atoms with Crippen LogP contribution in [0.5, 0.6) is 0 Å². The average molecular weight is 328 g/mol. The Hall–Kier alpha value is -2.04. The maximum atomic E-state index is 12.1. The van der Waals surface area contributed by atoms with Crippen LogP contribution in [-0.4, -0.2) is 53.0 Å². The quantitative estimate of drug-likeness (QED) is 0.867. The second-order valence-electron chi connectivity index (χ2n) is 8.05. The highest BCUT2D eigenvalue weighted by molar-refractivity contribution is 5.81. The Morgan fingerprint density at radius 3 is 2.54 bits per heavy atom. The first-order valence-electron chi connectivity index (χ1n) is 8.71. The normalized spacial score (nSPS) is 16.6. The van der Waals surface area contributed by atoms with Gasteiger partial charge in [0.05, 0.1) is 0 Å². The van der Waals surface area contributed by atoms with Crippen molar-refractivity contribution in [2.75, 3.05) is 27.2 Å². The fraction of sp³-hybridized carbons (Fsp3) is 0.579. The van der Waals surface area contributed by atoms with Crippen LogP contribution in [-0.2, 0) is 5.41 Å². The number of amides is 2. The van der Waals surface area contributed by atoms with Gasteiger partial charge in [0.15, 0.2) is 0 Å². The number of carbonyl (C=O) groups excluding carboxylic acids is 1. The molecule has 0 spiro atoms. The fourth-order valence-corrected chi connectivity index (χ4v) is 3.44. The Balaban J connectivity index is 1.82. The summed E-state index contributed by atoms with van der Waals surface area (Å²) in [6.45, 7) is 8.29. The van der Waals surface area contributed by atoms with Crippen LogP contribution in [0.3, 0.4) is 0 Å². The van der Waals surface area contributed by atoms with Crippen molar-refractivity contribution in [1.82, 2.24) is 19.8 Å². The first kappa shape index (κ1) is 16.8. The van der Waals surface area contributed by atoms with Gasteiger partial charge in [0.2, 0.25) is 0 Å². The van der Waals surface area contributed by atoms with Crippen molar-refractivity contribution >= 4 is 17.1 Å². The molecule has 1 saturated heterocycles. The van der Waals surface area contributed by atoms with Crippen LogP contribution in [0.4, 0.5) is 4.79 Å². The third kappa shape index (κ3) is 3.12. The lowest BCUT2D eigenvalue weighted by molar-refractivity contribution is 0.156.